The minimum atomic E-state index is -2.84. The van der Waals surface area contributed by atoms with Crippen LogP contribution in [0.5, 0.6) is 0 Å². The van der Waals surface area contributed by atoms with Gasteiger partial charge in [-0.1, -0.05) is 6.07 Å². The van der Waals surface area contributed by atoms with E-state index in [0.29, 0.717) is 17.1 Å². The number of benzene rings is 1. The normalized spacial score (nSPS) is 24.6. The molecule has 2 N–H and O–H groups in total. The third-order valence-corrected chi connectivity index (χ3v) is 7.16. The molecule has 25 heavy (non-hydrogen) atoms. The molecule has 2 fully saturated rings. The van der Waals surface area contributed by atoms with Crippen LogP contribution in [0.15, 0.2) is 30.5 Å². The Hall–Kier alpha value is -1.86. The largest absolute Gasteiger partial charge is 0.361 e. The number of aromatic nitrogens is 1. The van der Waals surface area contributed by atoms with Crippen molar-refractivity contribution in [2.24, 2.45) is 0 Å². The highest BCUT2D eigenvalue weighted by molar-refractivity contribution is 7.91. The highest BCUT2D eigenvalue weighted by atomic mass is 32.2. The third-order valence-electron chi connectivity index (χ3n) is 5.41. The lowest BCUT2D eigenvalue weighted by atomic mass is 10.0. The van der Waals surface area contributed by atoms with Crippen LogP contribution in [0.2, 0.25) is 0 Å². The Morgan fingerprint density at radius 3 is 2.68 bits per heavy atom. The van der Waals surface area contributed by atoms with Gasteiger partial charge in [-0.2, -0.15) is 0 Å². The second kappa shape index (κ2) is 6.46. The van der Waals surface area contributed by atoms with Gasteiger partial charge in [0.1, 0.15) is 0 Å². The Morgan fingerprint density at radius 1 is 1.16 bits per heavy atom. The van der Waals surface area contributed by atoms with Crippen LogP contribution in [-0.2, 0) is 9.84 Å². The molecule has 0 bridgehead atoms. The molecule has 1 atom stereocenters. The number of hydrogen-bond acceptors (Lipinski definition) is 4. The molecule has 1 aromatic carbocycles. The van der Waals surface area contributed by atoms with Crippen molar-refractivity contribution >= 4 is 26.6 Å². The average molecular weight is 361 g/mol. The summed E-state index contributed by atoms with van der Waals surface area (Å²) in [6.07, 6.45) is 4.35. The zero-order valence-electron chi connectivity index (χ0n) is 14.1. The summed E-state index contributed by atoms with van der Waals surface area (Å²) in [4.78, 5) is 17.9. The van der Waals surface area contributed by atoms with Crippen LogP contribution in [0.4, 0.5) is 0 Å². The van der Waals surface area contributed by atoms with Crippen molar-refractivity contribution in [3.05, 3.63) is 36.0 Å². The van der Waals surface area contributed by atoms with Gasteiger partial charge in [-0.3, -0.25) is 9.69 Å². The molecule has 0 saturated carbocycles. The summed E-state index contributed by atoms with van der Waals surface area (Å²) in [7, 11) is -2.84. The highest BCUT2D eigenvalue weighted by Crippen LogP contribution is 2.22. The average Bonchev–Trinajstić information content (AvgIpc) is 3.20. The van der Waals surface area contributed by atoms with Gasteiger partial charge in [0.15, 0.2) is 9.84 Å². The molecule has 0 aliphatic carbocycles. The number of nitrogens with zero attached hydrogens (tertiary/aromatic N) is 1. The molecule has 2 aliphatic heterocycles. The fourth-order valence-electron chi connectivity index (χ4n) is 3.93. The van der Waals surface area contributed by atoms with Crippen molar-refractivity contribution in [3.63, 3.8) is 0 Å². The molecule has 2 aromatic rings. The SMILES string of the molecule is O=C(NC1CCN([C@H]2CCS(=O)(=O)C2)CC1)c1ccc2cc[nH]c2c1. The molecular weight excluding hydrogens is 338 g/mol. The number of nitrogens with one attached hydrogen (secondary N) is 2. The minimum absolute atomic E-state index is 0.0432. The maximum absolute atomic E-state index is 12.5. The van der Waals surface area contributed by atoms with E-state index in [1.165, 1.54) is 0 Å². The number of carbonyl (C=O) groups excluding carboxylic acids is 1. The van der Waals surface area contributed by atoms with E-state index >= 15 is 0 Å². The van der Waals surface area contributed by atoms with Crippen molar-refractivity contribution in [1.82, 2.24) is 15.2 Å². The lowest BCUT2D eigenvalue weighted by molar-refractivity contribution is 0.0898. The smallest absolute Gasteiger partial charge is 0.251 e. The number of likely N-dealkylation sites (tertiary alicyclic amines) is 1. The number of fused-ring (bicyclic) bond motifs is 1. The van der Waals surface area contributed by atoms with Crippen molar-refractivity contribution in [2.45, 2.75) is 31.3 Å². The molecule has 1 aromatic heterocycles. The standard InChI is InChI=1S/C18H23N3O3S/c22-18(14-2-1-13-3-7-19-17(13)11-14)20-15-4-8-21(9-5-15)16-6-10-25(23,24)12-16/h1-3,7,11,15-16,19H,4-6,8-10,12H2,(H,20,22)/t16-/m0/s1. The van der Waals surface area contributed by atoms with Gasteiger partial charge in [0.25, 0.3) is 5.91 Å². The Labute approximate surface area is 147 Å². The maximum atomic E-state index is 12.5. The van der Waals surface area contributed by atoms with Crippen LogP contribution in [-0.4, -0.2) is 60.9 Å². The van der Waals surface area contributed by atoms with Gasteiger partial charge >= 0.3 is 0 Å². The fourth-order valence-corrected chi connectivity index (χ4v) is 5.69. The molecule has 0 radical (unpaired) electrons. The molecule has 0 spiro atoms. The van der Waals surface area contributed by atoms with E-state index in [4.69, 9.17) is 0 Å². The summed E-state index contributed by atoms with van der Waals surface area (Å²) < 4.78 is 23.3. The van der Waals surface area contributed by atoms with Crippen molar-refractivity contribution < 1.29 is 13.2 Å². The van der Waals surface area contributed by atoms with E-state index in [9.17, 15) is 13.2 Å². The van der Waals surface area contributed by atoms with Gasteiger partial charge in [0, 0.05) is 42.5 Å². The van der Waals surface area contributed by atoms with E-state index in [1.54, 1.807) is 0 Å². The first-order chi connectivity index (χ1) is 12.0. The number of aromatic amines is 1. The third kappa shape index (κ3) is 3.57. The van der Waals surface area contributed by atoms with Gasteiger partial charge in [0.2, 0.25) is 0 Å². The van der Waals surface area contributed by atoms with Crippen molar-refractivity contribution in [2.75, 3.05) is 24.6 Å². The van der Waals surface area contributed by atoms with Crippen LogP contribution in [0.25, 0.3) is 10.9 Å². The zero-order chi connectivity index (χ0) is 17.4. The van der Waals surface area contributed by atoms with Gasteiger partial charge < -0.3 is 10.3 Å². The van der Waals surface area contributed by atoms with Crippen LogP contribution in [0.1, 0.15) is 29.6 Å². The quantitative estimate of drug-likeness (QED) is 0.869. The summed E-state index contributed by atoms with van der Waals surface area (Å²) >= 11 is 0. The predicted octanol–water partition coefficient (Wildman–Crippen LogP) is 1.55. The summed E-state index contributed by atoms with van der Waals surface area (Å²) in [6.45, 7) is 1.70. The fraction of sp³-hybridized carbons (Fsp3) is 0.500. The number of rotatable bonds is 3. The molecule has 6 nitrogen and oxygen atoms in total. The lowest BCUT2D eigenvalue weighted by Gasteiger charge is -2.35. The first-order valence-corrected chi connectivity index (χ1v) is 10.6. The Morgan fingerprint density at radius 2 is 1.96 bits per heavy atom. The summed E-state index contributed by atoms with van der Waals surface area (Å²) in [6, 6.07) is 7.98. The van der Waals surface area contributed by atoms with Crippen LogP contribution in [0.3, 0.4) is 0 Å². The molecule has 3 heterocycles. The highest BCUT2D eigenvalue weighted by Gasteiger charge is 2.34. The Bertz CT molecular complexity index is 882. The molecule has 1 amide bonds. The number of H-pyrrole nitrogens is 1. The van der Waals surface area contributed by atoms with Crippen LogP contribution >= 0.6 is 0 Å². The van der Waals surface area contributed by atoms with Gasteiger partial charge in [0.05, 0.1) is 11.5 Å². The van der Waals surface area contributed by atoms with Crippen LogP contribution < -0.4 is 5.32 Å². The second-order valence-electron chi connectivity index (χ2n) is 7.12. The molecular formula is C18H23N3O3S. The van der Waals surface area contributed by atoms with E-state index in [2.05, 4.69) is 15.2 Å². The Balaban J connectivity index is 1.33. The van der Waals surface area contributed by atoms with Gasteiger partial charge in [-0.25, -0.2) is 8.42 Å². The number of hydrogen-bond donors (Lipinski definition) is 2. The molecule has 2 aliphatic rings. The van der Waals surface area contributed by atoms with E-state index in [-0.39, 0.29) is 18.0 Å². The molecule has 134 valence electrons. The molecule has 4 rings (SSSR count). The van der Waals surface area contributed by atoms with Crippen molar-refractivity contribution in [1.29, 1.82) is 0 Å². The van der Waals surface area contributed by atoms with E-state index in [0.717, 1.165) is 43.3 Å². The number of sulfone groups is 1. The number of carbonyl (C=O) groups is 1. The first-order valence-electron chi connectivity index (χ1n) is 8.83. The second-order valence-corrected chi connectivity index (χ2v) is 9.35. The van der Waals surface area contributed by atoms with Gasteiger partial charge in [-0.15, -0.1) is 0 Å². The minimum Gasteiger partial charge on any atom is -0.361 e. The summed E-state index contributed by atoms with van der Waals surface area (Å²) in [5.74, 6) is 0.564. The topological polar surface area (TPSA) is 82.3 Å². The molecule has 0 unspecified atom stereocenters. The zero-order valence-corrected chi connectivity index (χ0v) is 14.9. The molecule has 2 saturated heterocycles. The van der Waals surface area contributed by atoms with E-state index in [1.807, 2.05) is 30.5 Å². The monoisotopic (exact) mass is 361 g/mol. The lowest BCUT2D eigenvalue weighted by Crippen LogP contribution is -2.48. The van der Waals surface area contributed by atoms with E-state index < -0.39 is 9.84 Å². The van der Waals surface area contributed by atoms with Crippen LogP contribution in [0, 0.1) is 0 Å². The molecule has 7 heteroatoms. The maximum Gasteiger partial charge on any atom is 0.251 e. The first kappa shape index (κ1) is 16.6. The number of piperidine rings is 1. The predicted molar refractivity (Wildman–Crippen MR) is 97.4 cm³/mol. The van der Waals surface area contributed by atoms with Gasteiger partial charge in [-0.05, 0) is 42.8 Å². The number of amides is 1. The summed E-state index contributed by atoms with van der Waals surface area (Å²) in [5.41, 5.74) is 1.63. The Kier molecular flexibility index (Phi) is 4.29. The summed E-state index contributed by atoms with van der Waals surface area (Å²) in [5, 5.41) is 4.22. The van der Waals surface area contributed by atoms with Crippen molar-refractivity contribution in [3.8, 4) is 0 Å².